The summed E-state index contributed by atoms with van der Waals surface area (Å²) in [6.07, 6.45) is 10.5. The molecule has 0 aromatic rings. The van der Waals surface area contributed by atoms with Crippen LogP contribution in [0.15, 0.2) is 11.1 Å². The van der Waals surface area contributed by atoms with Crippen LogP contribution in [-0.4, -0.2) is 23.9 Å². The van der Waals surface area contributed by atoms with E-state index in [-0.39, 0.29) is 0 Å². The Morgan fingerprint density at radius 2 is 1.76 bits per heavy atom. The highest BCUT2D eigenvalue weighted by Crippen LogP contribution is 2.35. The van der Waals surface area contributed by atoms with Crippen LogP contribution in [0.1, 0.15) is 64.7 Å². The first-order valence-electron chi connectivity index (χ1n) is 7.29. The highest BCUT2D eigenvalue weighted by Gasteiger charge is 2.20. The molecule has 1 saturated carbocycles. The molecule has 2 rings (SSSR count). The first-order chi connectivity index (χ1) is 8.31. The number of carbonyl (C=O) groups excluding carboxylic acids is 1. The molecule has 17 heavy (non-hydrogen) atoms. The van der Waals surface area contributed by atoms with Crippen molar-refractivity contribution in [2.75, 3.05) is 13.1 Å². The molecule has 2 fully saturated rings. The first kappa shape index (κ1) is 12.7. The van der Waals surface area contributed by atoms with Crippen LogP contribution >= 0.6 is 0 Å². The summed E-state index contributed by atoms with van der Waals surface area (Å²) in [7, 11) is 0. The van der Waals surface area contributed by atoms with Gasteiger partial charge in [0.1, 0.15) is 0 Å². The van der Waals surface area contributed by atoms with Gasteiger partial charge in [-0.05, 0) is 44.9 Å². The molecule has 1 aliphatic carbocycles. The number of nitrogens with zero attached hydrogens (tertiary/aromatic N) is 1. The van der Waals surface area contributed by atoms with Crippen molar-refractivity contribution in [2.45, 2.75) is 64.7 Å². The molecule has 0 spiro atoms. The number of carbonyl (C=O) groups is 1. The molecule has 2 heteroatoms. The van der Waals surface area contributed by atoms with Crippen LogP contribution < -0.4 is 0 Å². The van der Waals surface area contributed by atoms with Gasteiger partial charge in [-0.2, -0.15) is 0 Å². The third-order valence-electron chi connectivity index (χ3n) is 3.90. The molecule has 0 radical (unpaired) electrons. The van der Waals surface area contributed by atoms with Crippen LogP contribution in [0.5, 0.6) is 0 Å². The van der Waals surface area contributed by atoms with E-state index in [9.17, 15) is 4.79 Å². The lowest BCUT2D eigenvalue weighted by atomic mass is 10.0. The lowest BCUT2D eigenvalue weighted by Crippen LogP contribution is -2.35. The molecule has 0 bridgehead atoms. The lowest BCUT2D eigenvalue weighted by molar-refractivity contribution is -0.132. The van der Waals surface area contributed by atoms with E-state index in [0.717, 1.165) is 25.9 Å². The molecule has 96 valence electrons. The second-order valence-electron chi connectivity index (χ2n) is 5.40. The largest absolute Gasteiger partial charge is 0.343 e. The quantitative estimate of drug-likeness (QED) is 0.666. The van der Waals surface area contributed by atoms with E-state index in [1.807, 2.05) is 0 Å². The predicted molar refractivity (Wildman–Crippen MR) is 70.8 cm³/mol. The molecular formula is C15H25NO. The average Bonchev–Trinajstić information content (AvgIpc) is 3.19. The van der Waals surface area contributed by atoms with Crippen molar-refractivity contribution in [3.8, 4) is 0 Å². The zero-order valence-corrected chi connectivity index (χ0v) is 11.1. The van der Waals surface area contributed by atoms with Crippen molar-refractivity contribution in [3.05, 3.63) is 11.1 Å². The summed E-state index contributed by atoms with van der Waals surface area (Å²) in [4.78, 5) is 14.1. The number of amides is 1. The number of allylic oxidation sites excluding steroid dienone is 2. The lowest BCUT2D eigenvalue weighted by Gasteiger charge is -2.26. The fourth-order valence-corrected chi connectivity index (χ4v) is 2.76. The summed E-state index contributed by atoms with van der Waals surface area (Å²) >= 11 is 0. The summed E-state index contributed by atoms with van der Waals surface area (Å²) in [5, 5.41) is 0. The van der Waals surface area contributed by atoms with E-state index in [4.69, 9.17) is 0 Å². The maximum atomic E-state index is 12.1. The van der Waals surface area contributed by atoms with Gasteiger partial charge in [-0.3, -0.25) is 4.79 Å². The zero-order chi connectivity index (χ0) is 12.1. The van der Waals surface area contributed by atoms with Gasteiger partial charge in [0, 0.05) is 19.5 Å². The van der Waals surface area contributed by atoms with Crippen molar-refractivity contribution in [2.24, 2.45) is 0 Å². The molecular weight excluding hydrogens is 210 g/mol. The van der Waals surface area contributed by atoms with Crippen molar-refractivity contribution in [3.63, 3.8) is 0 Å². The molecule has 2 nitrogen and oxygen atoms in total. The van der Waals surface area contributed by atoms with Gasteiger partial charge >= 0.3 is 0 Å². The van der Waals surface area contributed by atoms with E-state index in [0.29, 0.717) is 5.91 Å². The van der Waals surface area contributed by atoms with Gasteiger partial charge in [0.2, 0.25) is 5.91 Å². The Kier molecular flexibility index (Phi) is 4.64. The van der Waals surface area contributed by atoms with Gasteiger partial charge in [0.25, 0.3) is 0 Å². The number of rotatable bonds is 5. The Hall–Kier alpha value is -0.790. The number of likely N-dealkylation sites (tertiary alicyclic amines) is 1. The van der Waals surface area contributed by atoms with E-state index >= 15 is 0 Å². The number of piperidine rings is 1. The number of hydrogen-bond donors (Lipinski definition) is 0. The van der Waals surface area contributed by atoms with E-state index in [2.05, 4.69) is 11.8 Å². The second-order valence-corrected chi connectivity index (χ2v) is 5.40. The fourth-order valence-electron chi connectivity index (χ4n) is 2.76. The minimum atomic E-state index is 0.388. The third-order valence-corrected chi connectivity index (χ3v) is 3.90. The first-order valence-corrected chi connectivity index (χ1v) is 7.29. The van der Waals surface area contributed by atoms with Crippen LogP contribution in [0.3, 0.4) is 0 Å². The summed E-state index contributed by atoms with van der Waals surface area (Å²) in [5.74, 6) is 0.388. The van der Waals surface area contributed by atoms with Crippen molar-refractivity contribution >= 4 is 5.91 Å². The smallest absolute Gasteiger partial charge is 0.222 e. The molecule has 0 atom stereocenters. The van der Waals surface area contributed by atoms with Gasteiger partial charge in [0.05, 0.1) is 0 Å². The third kappa shape index (κ3) is 3.86. The maximum Gasteiger partial charge on any atom is 0.222 e. The van der Waals surface area contributed by atoms with E-state index < -0.39 is 0 Å². The molecule has 1 saturated heterocycles. The average molecular weight is 235 g/mol. The molecule has 0 aromatic heterocycles. The van der Waals surface area contributed by atoms with Gasteiger partial charge in [0.15, 0.2) is 0 Å². The van der Waals surface area contributed by atoms with Crippen LogP contribution in [-0.2, 0) is 4.79 Å². The second kappa shape index (κ2) is 6.23. The van der Waals surface area contributed by atoms with Crippen molar-refractivity contribution < 1.29 is 4.79 Å². The Balaban J connectivity index is 1.76. The molecule has 0 unspecified atom stereocenters. The molecule has 0 aromatic carbocycles. The van der Waals surface area contributed by atoms with Crippen LogP contribution in [0.25, 0.3) is 0 Å². The minimum Gasteiger partial charge on any atom is -0.343 e. The molecule has 1 heterocycles. The highest BCUT2D eigenvalue weighted by molar-refractivity contribution is 5.76. The van der Waals surface area contributed by atoms with Crippen LogP contribution in [0.4, 0.5) is 0 Å². The topological polar surface area (TPSA) is 20.3 Å². The molecule has 2 aliphatic rings. The maximum absolute atomic E-state index is 12.1. The minimum absolute atomic E-state index is 0.388. The summed E-state index contributed by atoms with van der Waals surface area (Å²) in [6, 6.07) is 0. The van der Waals surface area contributed by atoms with Gasteiger partial charge in [-0.1, -0.05) is 24.5 Å². The van der Waals surface area contributed by atoms with Gasteiger partial charge in [-0.15, -0.1) is 0 Å². The van der Waals surface area contributed by atoms with E-state index in [1.165, 1.54) is 44.9 Å². The SMILES string of the molecule is CCCC(CCC(=O)N1CCCCC1)=C1CC1. The standard InChI is InChI=1S/C15H25NO/c1-2-6-13(14-7-8-14)9-10-15(17)16-11-4-3-5-12-16/h2-12H2,1H3. The van der Waals surface area contributed by atoms with Gasteiger partial charge in [-0.25, -0.2) is 0 Å². The monoisotopic (exact) mass is 235 g/mol. The Bertz CT molecular complexity index is 294. The predicted octanol–water partition coefficient (Wildman–Crippen LogP) is 3.67. The van der Waals surface area contributed by atoms with Crippen LogP contribution in [0, 0.1) is 0 Å². The van der Waals surface area contributed by atoms with Gasteiger partial charge < -0.3 is 4.90 Å². The summed E-state index contributed by atoms with van der Waals surface area (Å²) in [6.45, 7) is 4.23. The zero-order valence-electron chi connectivity index (χ0n) is 11.1. The highest BCUT2D eigenvalue weighted by atomic mass is 16.2. The molecule has 1 aliphatic heterocycles. The van der Waals surface area contributed by atoms with Crippen LogP contribution in [0.2, 0.25) is 0 Å². The molecule has 1 amide bonds. The van der Waals surface area contributed by atoms with Crippen molar-refractivity contribution in [1.29, 1.82) is 0 Å². The summed E-state index contributed by atoms with van der Waals surface area (Å²) < 4.78 is 0. The van der Waals surface area contributed by atoms with Crippen molar-refractivity contribution in [1.82, 2.24) is 4.90 Å². The summed E-state index contributed by atoms with van der Waals surface area (Å²) in [5.41, 5.74) is 3.25. The Labute approximate surface area is 105 Å². The normalized spacial score (nSPS) is 19.4. The number of hydrogen-bond acceptors (Lipinski definition) is 1. The molecule has 0 N–H and O–H groups in total. The van der Waals surface area contributed by atoms with E-state index in [1.54, 1.807) is 11.1 Å². The Morgan fingerprint density at radius 1 is 1.06 bits per heavy atom. The Morgan fingerprint density at radius 3 is 2.35 bits per heavy atom. The fraction of sp³-hybridized carbons (Fsp3) is 0.800.